The summed E-state index contributed by atoms with van der Waals surface area (Å²) < 4.78 is 20.4. The Morgan fingerprint density at radius 3 is 1.67 bits per heavy atom. The SMILES string of the molecule is CCOC(=O)C1C(NC(C)(C)C)=NC(C(=O)OCC)(C(=O)OCC)C1C(=O)OCC. The van der Waals surface area contributed by atoms with Crippen molar-refractivity contribution in [2.45, 2.75) is 59.5 Å². The van der Waals surface area contributed by atoms with Gasteiger partial charge in [0.15, 0.2) is 0 Å². The fourth-order valence-electron chi connectivity index (χ4n) is 3.15. The molecule has 1 aliphatic heterocycles. The monoisotopic (exact) mass is 428 g/mol. The minimum atomic E-state index is -2.43. The van der Waals surface area contributed by atoms with Gasteiger partial charge in [0.2, 0.25) is 0 Å². The Hall–Kier alpha value is -2.65. The molecular weight excluding hydrogens is 396 g/mol. The van der Waals surface area contributed by atoms with E-state index in [4.69, 9.17) is 18.9 Å². The van der Waals surface area contributed by atoms with E-state index in [0.29, 0.717) is 0 Å². The zero-order valence-corrected chi connectivity index (χ0v) is 18.7. The van der Waals surface area contributed by atoms with Crippen LogP contribution in [-0.2, 0) is 38.1 Å². The molecule has 0 spiro atoms. The number of nitrogens with zero attached hydrogens (tertiary/aromatic N) is 1. The number of hydrogen-bond donors (Lipinski definition) is 1. The lowest BCUT2D eigenvalue weighted by molar-refractivity contribution is -0.175. The van der Waals surface area contributed by atoms with Gasteiger partial charge in [0.1, 0.15) is 17.7 Å². The van der Waals surface area contributed by atoms with Crippen molar-refractivity contribution in [2.75, 3.05) is 26.4 Å². The van der Waals surface area contributed by atoms with Crippen molar-refractivity contribution in [3.05, 3.63) is 0 Å². The van der Waals surface area contributed by atoms with E-state index in [9.17, 15) is 19.2 Å². The van der Waals surface area contributed by atoms with Gasteiger partial charge in [-0.25, -0.2) is 14.6 Å². The zero-order chi connectivity index (χ0) is 23.1. The highest BCUT2D eigenvalue weighted by Crippen LogP contribution is 2.41. The van der Waals surface area contributed by atoms with Crippen LogP contribution in [-0.4, -0.2) is 67.2 Å². The Balaban J connectivity index is 3.79. The summed E-state index contributed by atoms with van der Waals surface area (Å²) >= 11 is 0. The highest BCUT2D eigenvalue weighted by molar-refractivity contribution is 6.18. The molecule has 0 aromatic heterocycles. The molecule has 10 nitrogen and oxygen atoms in total. The first-order valence-electron chi connectivity index (χ1n) is 10.1. The molecule has 0 fully saturated rings. The molecule has 1 N–H and O–H groups in total. The number of hydrogen-bond acceptors (Lipinski definition) is 10. The van der Waals surface area contributed by atoms with Crippen LogP contribution in [0.4, 0.5) is 0 Å². The Bertz CT molecular complexity index is 677. The standard InChI is InChI=1S/C20H32N2O8/c1-8-27-15(23)12-13(16(24)28-9-2)20(17(25)29-10-3,18(26)30-11-4)22-14(12)21-19(5,6)7/h12-13H,8-11H2,1-7H3,(H,21,22). The third-order valence-corrected chi connectivity index (χ3v) is 4.13. The molecule has 1 aliphatic rings. The summed E-state index contributed by atoms with van der Waals surface area (Å²) in [5.74, 6) is -7.02. The summed E-state index contributed by atoms with van der Waals surface area (Å²) in [4.78, 5) is 56.1. The van der Waals surface area contributed by atoms with E-state index in [1.165, 1.54) is 0 Å². The third kappa shape index (κ3) is 5.28. The van der Waals surface area contributed by atoms with E-state index in [-0.39, 0.29) is 32.3 Å². The van der Waals surface area contributed by atoms with Crippen LogP contribution in [0.2, 0.25) is 0 Å². The second-order valence-electron chi connectivity index (χ2n) is 7.54. The summed E-state index contributed by atoms with van der Waals surface area (Å²) in [5.41, 5.74) is -3.04. The molecule has 0 bridgehead atoms. The highest BCUT2D eigenvalue weighted by atomic mass is 16.6. The predicted molar refractivity (Wildman–Crippen MR) is 107 cm³/mol. The van der Waals surface area contributed by atoms with Crippen LogP contribution in [0.25, 0.3) is 0 Å². The Morgan fingerprint density at radius 2 is 1.27 bits per heavy atom. The van der Waals surface area contributed by atoms with Gasteiger partial charge < -0.3 is 24.3 Å². The first-order valence-corrected chi connectivity index (χ1v) is 10.1. The number of esters is 4. The fourth-order valence-corrected chi connectivity index (χ4v) is 3.15. The number of ether oxygens (including phenoxy) is 4. The number of carbonyl (C=O) groups is 4. The van der Waals surface area contributed by atoms with Gasteiger partial charge >= 0.3 is 23.9 Å². The van der Waals surface area contributed by atoms with Crippen molar-refractivity contribution >= 4 is 29.7 Å². The van der Waals surface area contributed by atoms with Crippen molar-refractivity contribution in [2.24, 2.45) is 16.8 Å². The number of nitrogens with one attached hydrogen (secondary N) is 1. The van der Waals surface area contributed by atoms with Crippen LogP contribution in [0.1, 0.15) is 48.5 Å². The normalized spacial score (nSPS) is 20.0. The highest BCUT2D eigenvalue weighted by Gasteiger charge is 2.68. The molecule has 0 aromatic rings. The molecule has 0 saturated carbocycles. The maximum absolute atomic E-state index is 13.0. The first-order chi connectivity index (χ1) is 14.0. The van der Waals surface area contributed by atoms with Gasteiger partial charge in [0.05, 0.1) is 26.4 Å². The predicted octanol–water partition coefficient (Wildman–Crippen LogP) is 1.01. The smallest absolute Gasteiger partial charge is 0.346 e. The Kier molecular flexibility index (Phi) is 8.80. The number of aliphatic imine (C=N–C) groups is 1. The number of carbonyl (C=O) groups excluding carboxylic acids is 4. The summed E-state index contributed by atoms with van der Waals surface area (Å²) in [5, 5.41) is 3.01. The first kappa shape index (κ1) is 25.4. The van der Waals surface area contributed by atoms with Crippen molar-refractivity contribution in [3.63, 3.8) is 0 Å². The van der Waals surface area contributed by atoms with Crippen molar-refractivity contribution in [1.82, 2.24) is 5.32 Å². The molecule has 0 radical (unpaired) electrons. The van der Waals surface area contributed by atoms with Crippen LogP contribution >= 0.6 is 0 Å². The van der Waals surface area contributed by atoms with Crippen LogP contribution in [0, 0.1) is 11.8 Å². The van der Waals surface area contributed by atoms with Crippen LogP contribution in [0.3, 0.4) is 0 Å². The topological polar surface area (TPSA) is 130 Å². The molecule has 1 heterocycles. The van der Waals surface area contributed by atoms with Gasteiger partial charge in [-0.2, -0.15) is 0 Å². The largest absolute Gasteiger partial charge is 0.466 e. The Labute approximate surface area is 176 Å². The summed E-state index contributed by atoms with van der Waals surface area (Å²) in [6, 6.07) is 0. The average Bonchev–Trinajstić information content (AvgIpc) is 2.97. The van der Waals surface area contributed by atoms with Crippen molar-refractivity contribution in [3.8, 4) is 0 Å². The molecular formula is C20H32N2O8. The lowest BCUT2D eigenvalue weighted by atomic mass is 9.78. The molecule has 0 saturated heterocycles. The van der Waals surface area contributed by atoms with E-state index in [0.717, 1.165) is 0 Å². The molecule has 0 aliphatic carbocycles. The lowest BCUT2D eigenvalue weighted by Crippen LogP contribution is -2.56. The summed E-state index contributed by atoms with van der Waals surface area (Å²) in [6.07, 6.45) is 0. The minimum absolute atomic E-state index is 0.0273. The molecule has 0 amide bonds. The van der Waals surface area contributed by atoms with Gasteiger partial charge in [0.25, 0.3) is 5.54 Å². The van der Waals surface area contributed by atoms with E-state index in [1.807, 2.05) is 0 Å². The minimum Gasteiger partial charge on any atom is -0.466 e. The van der Waals surface area contributed by atoms with Crippen LogP contribution in [0.5, 0.6) is 0 Å². The van der Waals surface area contributed by atoms with Crippen molar-refractivity contribution in [1.29, 1.82) is 0 Å². The molecule has 2 unspecified atom stereocenters. The lowest BCUT2D eigenvalue weighted by Gasteiger charge is -2.29. The zero-order valence-electron chi connectivity index (χ0n) is 18.7. The summed E-state index contributed by atoms with van der Waals surface area (Å²) in [7, 11) is 0. The van der Waals surface area contributed by atoms with Gasteiger partial charge in [-0.05, 0) is 48.5 Å². The van der Waals surface area contributed by atoms with Crippen molar-refractivity contribution < 1.29 is 38.1 Å². The van der Waals surface area contributed by atoms with E-state index >= 15 is 0 Å². The van der Waals surface area contributed by atoms with E-state index in [2.05, 4.69) is 10.3 Å². The second kappa shape index (κ2) is 10.4. The Morgan fingerprint density at radius 1 is 0.833 bits per heavy atom. The third-order valence-electron chi connectivity index (χ3n) is 4.13. The second-order valence-corrected chi connectivity index (χ2v) is 7.54. The maximum Gasteiger partial charge on any atom is 0.346 e. The van der Waals surface area contributed by atoms with Crippen LogP contribution < -0.4 is 5.32 Å². The van der Waals surface area contributed by atoms with Gasteiger partial charge in [0, 0.05) is 5.54 Å². The maximum atomic E-state index is 13.0. The molecule has 30 heavy (non-hydrogen) atoms. The molecule has 170 valence electrons. The van der Waals surface area contributed by atoms with Crippen LogP contribution in [0.15, 0.2) is 4.99 Å². The number of rotatable bonds is 8. The molecule has 1 rings (SSSR count). The molecule has 10 heteroatoms. The average molecular weight is 428 g/mol. The number of amidine groups is 1. The van der Waals surface area contributed by atoms with E-state index < -0.39 is 46.8 Å². The molecule has 0 aromatic carbocycles. The molecule has 2 atom stereocenters. The van der Waals surface area contributed by atoms with Gasteiger partial charge in [-0.15, -0.1) is 0 Å². The summed E-state index contributed by atoms with van der Waals surface area (Å²) in [6.45, 7) is 11.5. The van der Waals surface area contributed by atoms with Gasteiger partial charge in [-0.3, -0.25) is 9.59 Å². The fraction of sp³-hybridized carbons (Fsp3) is 0.750. The quantitative estimate of drug-likeness (QED) is 0.342. The van der Waals surface area contributed by atoms with E-state index in [1.54, 1.807) is 48.5 Å². The van der Waals surface area contributed by atoms with Gasteiger partial charge in [-0.1, -0.05) is 0 Å².